The first-order valence-electron chi connectivity index (χ1n) is 11.2. The van der Waals surface area contributed by atoms with Crippen LogP contribution in [-0.2, 0) is 14.6 Å². The van der Waals surface area contributed by atoms with Crippen LogP contribution < -0.4 is 0 Å². The third-order valence-electron chi connectivity index (χ3n) is 6.76. The molecule has 1 aromatic carbocycles. The molecule has 1 aromatic rings. The highest BCUT2D eigenvalue weighted by molar-refractivity contribution is 7.91. The third-order valence-corrected chi connectivity index (χ3v) is 8.51. The molecule has 30 heavy (non-hydrogen) atoms. The van der Waals surface area contributed by atoms with Crippen LogP contribution >= 0.6 is 0 Å². The Balaban J connectivity index is 1.18. The molecule has 3 heterocycles. The summed E-state index contributed by atoms with van der Waals surface area (Å²) in [5, 5.41) is 0. The Labute approximate surface area is 180 Å². The van der Waals surface area contributed by atoms with E-state index >= 15 is 0 Å². The van der Waals surface area contributed by atoms with Gasteiger partial charge in [-0.1, -0.05) is 42.5 Å². The number of rotatable bonds is 5. The number of nitrogens with zero attached hydrogens (tertiary/aromatic N) is 3. The lowest BCUT2D eigenvalue weighted by Gasteiger charge is -2.39. The fourth-order valence-corrected chi connectivity index (χ4v) is 6.65. The van der Waals surface area contributed by atoms with Crippen LogP contribution in [0.2, 0.25) is 0 Å². The van der Waals surface area contributed by atoms with Crippen LogP contribution in [0.1, 0.15) is 24.8 Å². The van der Waals surface area contributed by atoms with Crippen LogP contribution in [-0.4, -0.2) is 92.4 Å². The molecule has 0 bridgehead atoms. The van der Waals surface area contributed by atoms with Crippen molar-refractivity contribution in [1.29, 1.82) is 0 Å². The molecule has 4 rings (SSSR count). The molecule has 6 nitrogen and oxygen atoms in total. The van der Waals surface area contributed by atoms with Gasteiger partial charge in [-0.3, -0.25) is 14.6 Å². The van der Waals surface area contributed by atoms with E-state index in [0.717, 1.165) is 65.1 Å². The normalized spacial score (nSPS) is 26.4. The molecule has 0 aliphatic carbocycles. The molecule has 1 amide bonds. The lowest BCUT2D eigenvalue weighted by Crippen LogP contribution is -2.52. The predicted molar refractivity (Wildman–Crippen MR) is 120 cm³/mol. The topological polar surface area (TPSA) is 60.9 Å². The van der Waals surface area contributed by atoms with E-state index in [0.29, 0.717) is 17.4 Å². The number of piperazine rings is 1. The number of sulfone groups is 1. The van der Waals surface area contributed by atoms with Gasteiger partial charge in [0.2, 0.25) is 5.91 Å². The smallest absolute Gasteiger partial charge is 0.225 e. The van der Waals surface area contributed by atoms with E-state index in [9.17, 15) is 13.2 Å². The van der Waals surface area contributed by atoms with E-state index in [1.807, 2.05) is 23.1 Å². The standard InChI is InChI=1S/C23H33N3O3S/c27-23(21-8-12-25(13-9-21)22-10-18-30(28,29)19-22)26-16-14-24(15-17-26)11-4-7-20-5-2-1-3-6-20/h1-7,21-22H,8-19H2. The Bertz CT molecular complexity index is 840. The number of benzene rings is 1. The van der Waals surface area contributed by atoms with E-state index in [4.69, 9.17) is 0 Å². The van der Waals surface area contributed by atoms with Gasteiger partial charge in [0.1, 0.15) is 0 Å². The van der Waals surface area contributed by atoms with Crippen molar-refractivity contribution < 1.29 is 13.2 Å². The van der Waals surface area contributed by atoms with E-state index < -0.39 is 9.84 Å². The summed E-state index contributed by atoms with van der Waals surface area (Å²) in [5.74, 6) is 1.02. The third kappa shape index (κ3) is 5.50. The predicted octanol–water partition coefficient (Wildman–Crippen LogP) is 1.74. The summed E-state index contributed by atoms with van der Waals surface area (Å²) < 4.78 is 23.5. The van der Waals surface area contributed by atoms with Crippen molar-refractivity contribution in [3.05, 3.63) is 42.0 Å². The monoisotopic (exact) mass is 431 g/mol. The lowest BCUT2D eigenvalue weighted by molar-refractivity contribution is -0.139. The molecule has 3 saturated heterocycles. The highest BCUT2D eigenvalue weighted by atomic mass is 32.2. The van der Waals surface area contributed by atoms with Gasteiger partial charge in [0.05, 0.1) is 11.5 Å². The zero-order valence-electron chi connectivity index (χ0n) is 17.7. The molecular formula is C23H33N3O3S. The molecule has 1 unspecified atom stereocenters. The summed E-state index contributed by atoms with van der Waals surface area (Å²) in [5.41, 5.74) is 1.22. The molecule has 1 atom stereocenters. The molecule has 0 spiro atoms. The van der Waals surface area contributed by atoms with Gasteiger partial charge >= 0.3 is 0 Å². The molecular weight excluding hydrogens is 398 g/mol. The highest BCUT2D eigenvalue weighted by Crippen LogP contribution is 2.26. The van der Waals surface area contributed by atoms with Crippen molar-refractivity contribution in [2.45, 2.75) is 25.3 Å². The quantitative estimate of drug-likeness (QED) is 0.711. The fourth-order valence-electron chi connectivity index (χ4n) is 4.89. The fraction of sp³-hybridized carbons (Fsp3) is 0.609. The van der Waals surface area contributed by atoms with Crippen molar-refractivity contribution in [3.63, 3.8) is 0 Å². The summed E-state index contributed by atoms with van der Waals surface area (Å²) in [6.45, 7) is 6.06. The van der Waals surface area contributed by atoms with Gasteiger partial charge in [0, 0.05) is 44.7 Å². The van der Waals surface area contributed by atoms with Crippen LogP contribution in [0.4, 0.5) is 0 Å². The summed E-state index contributed by atoms with van der Waals surface area (Å²) in [7, 11) is -2.85. The average Bonchev–Trinajstić information content (AvgIpc) is 3.14. The van der Waals surface area contributed by atoms with Gasteiger partial charge in [-0.25, -0.2) is 8.42 Å². The van der Waals surface area contributed by atoms with Gasteiger partial charge in [-0.2, -0.15) is 0 Å². The van der Waals surface area contributed by atoms with Crippen molar-refractivity contribution in [1.82, 2.24) is 14.7 Å². The molecule has 0 radical (unpaired) electrons. The van der Waals surface area contributed by atoms with Gasteiger partial charge in [0.15, 0.2) is 9.84 Å². The lowest BCUT2D eigenvalue weighted by atomic mass is 9.94. The van der Waals surface area contributed by atoms with Gasteiger partial charge < -0.3 is 4.90 Å². The Morgan fingerprint density at radius 1 is 0.967 bits per heavy atom. The SMILES string of the molecule is O=C(C1CCN(C2CCS(=O)(=O)C2)CC1)N1CCN(CC=Cc2ccccc2)CC1. The minimum Gasteiger partial charge on any atom is -0.340 e. The van der Waals surface area contributed by atoms with E-state index in [1.54, 1.807) is 0 Å². The molecule has 3 aliphatic rings. The molecule has 3 fully saturated rings. The average molecular weight is 432 g/mol. The Kier molecular flexibility index (Phi) is 6.91. The maximum atomic E-state index is 13.0. The molecule has 7 heteroatoms. The van der Waals surface area contributed by atoms with Crippen LogP contribution in [0, 0.1) is 5.92 Å². The second-order valence-electron chi connectivity index (χ2n) is 8.81. The minimum atomic E-state index is -2.85. The second kappa shape index (κ2) is 9.62. The number of piperidine rings is 1. The Hall–Kier alpha value is -1.70. The number of likely N-dealkylation sites (tertiary alicyclic amines) is 1. The molecule has 0 N–H and O–H groups in total. The summed E-state index contributed by atoms with van der Waals surface area (Å²) >= 11 is 0. The number of amides is 1. The van der Waals surface area contributed by atoms with Crippen molar-refractivity contribution in [2.24, 2.45) is 5.92 Å². The van der Waals surface area contributed by atoms with E-state index in [1.165, 1.54) is 5.56 Å². The number of hydrogen-bond acceptors (Lipinski definition) is 5. The highest BCUT2D eigenvalue weighted by Gasteiger charge is 2.36. The van der Waals surface area contributed by atoms with E-state index in [2.05, 4.69) is 34.1 Å². The number of carbonyl (C=O) groups excluding carboxylic acids is 1. The van der Waals surface area contributed by atoms with Gasteiger partial charge in [-0.15, -0.1) is 0 Å². The van der Waals surface area contributed by atoms with Crippen LogP contribution in [0.5, 0.6) is 0 Å². The van der Waals surface area contributed by atoms with Crippen LogP contribution in [0.25, 0.3) is 6.08 Å². The molecule has 3 aliphatic heterocycles. The van der Waals surface area contributed by atoms with Crippen molar-refractivity contribution in [2.75, 3.05) is 57.3 Å². The molecule has 164 valence electrons. The first-order chi connectivity index (χ1) is 14.5. The van der Waals surface area contributed by atoms with Crippen molar-refractivity contribution >= 4 is 21.8 Å². The zero-order valence-corrected chi connectivity index (χ0v) is 18.5. The molecule has 0 aromatic heterocycles. The maximum Gasteiger partial charge on any atom is 0.225 e. The molecule has 0 saturated carbocycles. The summed E-state index contributed by atoms with van der Waals surface area (Å²) in [6.07, 6.45) is 6.82. The summed E-state index contributed by atoms with van der Waals surface area (Å²) in [6, 6.07) is 10.5. The first-order valence-corrected chi connectivity index (χ1v) is 13.0. The van der Waals surface area contributed by atoms with Gasteiger partial charge in [-0.05, 0) is 37.9 Å². The summed E-state index contributed by atoms with van der Waals surface area (Å²) in [4.78, 5) is 19.7. The second-order valence-corrected chi connectivity index (χ2v) is 11.0. The Morgan fingerprint density at radius 2 is 1.67 bits per heavy atom. The van der Waals surface area contributed by atoms with E-state index in [-0.39, 0.29) is 12.0 Å². The first kappa shape index (κ1) is 21.5. The number of carbonyl (C=O) groups is 1. The van der Waals surface area contributed by atoms with Gasteiger partial charge in [0.25, 0.3) is 0 Å². The largest absolute Gasteiger partial charge is 0.340 e. The van der Waals surface area contributed by atoms with Crippen LogP contribution in [0.15, 0.2) is 36.4 Å². The minimum absolute atomic E-state index is 0.101. The zero-order chi connectivity index (χ0) is 21.0. The number of hydrogen-bond donors (Lipinski definition) is 0. The maximum absolute atomic E-state index is 13.0. The van der Waals surface area contributed by atoms with Crippen LogP contribution in [0.3, 0.4) is 0 Å². The van der Waals surface area contributed by atoms with Crippen molar-refractivity contribution in [3.8, 4) is 0 Å². The Morgan fingerprint density at radius 3 is 2.30 bits per heavy atom.